The smallest absolute Gasteiger partial charge is 0.208 e. The van der Waals surface area contributed by atoms with Crippen LogP contribution >= 0.6 is 0 Å². The number of nitrogens with one attached hydrogen (secondary N) is 2. The highest BCUT2D eigenvalue weighted by Gasteiger charge is 2.12. The molecule has 0 amide bonds. The lowest BCUT2D eigenvalue weighted by molar-refractivity contribution is 0.481. The average molecular weight is 399 g/mol. The quantitative estimate of drug-likeness (QED) is 0.394. The number of pyridine rings is 1. The van der Waals surface area contributed by atoms with Crippen molar-refractivity contribution in [2.75, 3.05) is 5.32 Å². The van der Waals surface area contributed by atoms with Gasteiger partial charge in [-0.3, -0.25) is 0 Å². The highest BCUT2D eigenvalue weighted by molar-refractivity contribution is 5.91. The van der Waals surface area contributed by atoms with Gasteiger partial charge < -0.3 is 19.6 Å². The van der Waals surface area contributed by atoms with Crippen LogP contribution < -0.4 is 10.1 Å². The Bertz CT molecular complexity index is 1380. The number of nitrogens with zero attached hydrogens (tertiary/aromatic N) is 3. The monoisotopic (exact) mass is 399 g/mol. The van der Waals surface area contributed by atoms with Crippen molar-refractivity contribution in [1.82, 2.24) is 19.5 Å². The van der Waals surface area contributed by atoms with E-state index in [4.69, 9.17) is 4.74 Å². The minimum absolute atomic E-state index is 0.299. The molecular formula is C23H18FN5O. The summed E-state index contributed by atoms with van der Waals surface area (Å²) in [5.41, 5.74) is 5.10. The van der Waals surface area contributed by atoms with E-state index in [1.165, 1.54) is 12.1 Å². The number of rotatable bonds is 5. The molecule has 0 aliphatic carbocycles. The molecule has 0 aliphatic rings. The minimum Gasteiger partial charge on any atom is -0.457 e. The van der Waals surface area contributed by atoms with Crippen LogP contribution in [0.15, 0.2) is 67.4 Å². The molecule has 0 atom stereocenters. The van der Waals surface area contributed by atoms with Crippen LogP contribution in [0.2, 0.25) is 0 Å². The first-order chi connectivity index (χ1) is 14.6. The van der Waals surface area contributed by atoms with Crippen LogP contribution in [0.3, 0.4) is 0 Å². The number of fused-ring (bicyclic) bond motifs is 2. The van der Waals surface area contributed by atoms with Gasteiger partial charge >= 0.3 is 0 Å². The summed E-state index contributed by atoms with van der Waals surface area (Å²) in [6.45, 7) is 3.78. The maximum atomic E-state index is 13.1. The van der Waals surface area contributed by atoms with Gasteiger partial charge in [0.05, 0.1) is 27.9 Å². The number of hydrogen-bond acceptors (Lipinski definition) is 4. The molecule has 0 bridgehead atoms. The number of hydrogen-bond donors (Lipinski definition) is 2. The van der Waals surface area contributed by atoms with Gasteiger partial charge in [0, 0.05) is 19.3 Å². The minimum atomic E-state index is -0.299. The molecule has 0 spiro atoms. The van der Waals surface area contributed by atoms with Crippen LogP contribution in [-0.2, 0) is 7.05 Å². The van der Waals surface area contributed by atoms with E-state index in [0.29, 0.717) is 17.4 Å². The molecule has 5 aromatic rings. The van der Waals surface area contributed by atoms with Crippen molar-refractivity contribution < 1.29 is 9.13 Å². The van der Waals surface area contributed by atoms with Crippen LogP contribution in [0.25, 0.3) is 28.1 Å². The number of aromatic nitrogens is 4. The molecule has 2 N–H and O–H groups in total. The molecule has 30 heavy (non-hydrogen) atoms. The fourth-order valence-electron chi connectivity index (χ4n) is 3.33. The van der Waals surface area contributed by atoms with Gasteiger partial charge in [-0.25, -0.2) is 14.4 Å². The van der Waals surface area contributed by atoms with Gasteiger partial charge in [-0.2, -0.15) is 0 Å². The Hall–Kier alpha value is -4.13. The Labute approximate surface area is 171 Å². The van der Waals surface area contributed by atoms with E-state index < -0.39 is 0 Å². The van der Waals surface area contributed by atoms with Gasteiger partial charge in [-0.15, -0.1) is 0 Å². The Balaban J connectivity index is 1.48. The average Bonchev–Trinajstić information content (AvgIpc) is 3.30. The molecule has 0 radical (unpaired) electrons. The zero-order chi connectivity index (χ0) is 20.7. The summed E-state index contributed by atoms with van der Waals surface area (Å²) in [7, 11) is 1.93. The van der Waals surface area contributed by atoms with Gasteiger partial charge in [0.15, 0.2) is 0 Å². The third-order valence-corrected chi connectivity index (χ3v) is 4.90. The first-order valence-electron chi connectivity index (χ1n) is 9.38. The summed E-state index contributed by atoms with van der Waals surface area (Å²) in [6.07, 6.45) is 3.58. The van der Waals surface area contributed by atoms with E-state index in [1.54, 1.807) is 18.2 Å². The van der Waals surface area contributed by atoms with Crippen LogP contribution in [0.5, 0.6) is 11.5 Å². The zero-order valence-electron chi connectivity index (χ0n) is 16.2. The van der Waals surface area contributed by atoms with Gasteiger partial charge in [-0.05, 0) is 54.6 Å². The zero-order valence-corrected chi connectivity index (χ0v) is 16.2. The summed E-state index contributed by atoms with van der Waals surface area (Å²) in [5.74, 6) is 1.59. The summed E-state index contributed by atoms with van der Waals surface area (Å²) in [5, 5.41) is 3.35. The van der Waals surface area contributed by atoms with Crippen LogP contribution in [0.4, 0.5) is 16.0 Å². The maximum absolute atomic E-state index is 13.1. The molecule has 0 fully saturated rings. The second kappa shape index (κ2) is 7.04. The van der Waals surface area contributed by atoms with Crippen molar-refractivity contribution in [2.24, 2.45) is 7.05 Å². The predicted octanol–water partition coefficient (Wildman–Crippen LogP) is 5.77. The second-order valence-electron chi connectivity index (χ2n) is 6.86. The summed E-state index contributed by atoms with van der Waals surface area (Å²) in [4.78, 5) is 12.5. The van der Waals surface area contributed by atoms with E-state index in [1.807, 2.05) is 48.1 Å². The Morgan fingerprint density at radius 3 is 2.67 bits per heavy atom. The van der Waals surface area contributed by atoms with Gasteiger partial charge in [-0.1, -0.05) is 6.58 Å². The molecule has 0 unspecified atom stereocenters. The molecule has 2 aromatic carbocycles. The number of benzene rings is 2. The van der Waals surface area contributed by atoms with Crippen molar-refractivity contribution in [1.29, 1.82) is 0 Å². The maximum Gasteiger partial charge on any atom is 0.208 e. The summed E-state index contributed by atoms with van der Waals surface area (Å²) < 4.78 is 20.9. The Morgan fingerprint density at radius 2 is 1.87 bits per heavy atom. The molecule has 3 aromatic heterocycles. The van der Waals surface area contributed by atoms with E-state index >= 15 is 0 Å². The fraction of sp³-hybridized carbons (Fsp3) is 0.0435. The molecule has 5 rings (SSSR count). The van der Waals surface area contributed by atoms with Crippen LogP contribution in [0, 0.1) is 5.82 Å². The van der Waals surface area contributed by atoms with Gasteiger partial charge in [0.2, 0.25) is 5.95 Å². The molecule has 0 aliphatic heterocycles. The highest BCUT2D eigenvalue weighted by Crippen LogP contribution is 2.30. The first kappa shape index (κ1) is 17.9. The van der Waals surface area contributed by atoms with Gasteiger partial charge in [0.1, 0.15) is 22.8 Å². The second-order valence-corrected chi connectivity index (χ2v) is 6.86. The lowest BCUT2D eigenvalue weighted by Crippen LogP contribution is -1.99. The van der Waals surface area contributed by atoms with Crippen LogP contribution in [-0.4, -0.2) is 19.5 Å². The largest absolute Gasteiger partial charge is 0.457 e. The molecule has 3 heterocycles. The summed E-state index contributed by atoms with van der Waals surface area (Å²) in [6, 6.07) is 15.4. The predicted molar refractivity (Wildman–Crippen MR) is 117 cm³/mol. The van der Waals surface area contributed by atoms with Crippen molar-refractivity contribution in [3.63, 3.8) is 0 Å². The molecule has 0 saturated carbocycles. The Morgan fingerprint density at radius 1 is 1.07 bits per heavy atom. The third-order valence-electron chi connectivity index (χ3n) is 4.90. The molecule has 148 valence electrons. The first-order valence-corrected chi connectivity index (χ1v) is 9.38. The van der Waals surface area contributed by atoms with Gasteiger partial charge in [0.25, 0.3) is 0 Å². The topological polar surface area (TPSA) is 67.8 Å². The fourth-order valence-corrected chi connectivity index (χ4v) is 3.33. The number of H-pyrrole nitrogens is 1. The lowest BCUT2D eigenvalue weighted by Gasteiger charge is -2.07. The molecular weight excluding hydrogens is 381 g/mol. The number of halogens is 1. The van der Waals surface area contributed by atoms with Crippen LogP contribution in [0.1, 0.15) is 5.69 Å². The molecule has 0 saturated heterocycles. The van der Waals surface area contributed by atoms with Crippen molar-refractivity contribution >= 4 is 39.8 Å². The van der Waals surface area contributed by atoms with E-state index in [9.17, 15) is 4.39 Å². The lowest BCUT2D eigenvalue weighted by atomic mass is 10.3. The van der Waals surface area contributed by atoms with Crippen molar-refractivity contribution in [3.05, 3.63) is 78.9 Å². The third kappa shape index (κ3) is 3.16. The number of ether oxygens (including phenoxy) is 1. The highest BCUT2D eigenvalue weighted by atomic mass is 19.1. The van der Waals surface area contributed by atoms with Crippen molar-refractivity contribution in [3.8, 4) is 11.5 Å². The SMILES string of the molecule is C=Cc1ccc2[nH]cc(Nc3nc4ccc(Oc5ccc(F)cc5)cc4n3C)c2n1. The van der Waals surface area contributed by atoms with E-state index in [-0.39, 0.29) is 5.82 Å². The number of imidazole rings is 1. The summed E-state index contributed by atoms with van der Waals surface area (Å²) >= 11 is 0. The normalized spacial score (nSPS) is 11.1. The number of aromatic amines is 1. The standard InChI is InChI=1S/C23H18FN5O/c1-3-15-6-10-19-22(26-15)20(13-25-19)28-23-27-18-11-9-17(12-21(18)29(23)2)30-16-7-4-14(24)5-8-16/h3-13,25H,1H2,2H3,(H,27,28). The van der Waals surface area contributed by atoms with E-state index in [2.05, 4.69) is 26.8 Å². The Kier molecular flexibility index (Phi) is 4.21. The number of aryl methyl sites for hydroxylation is 1. The molecule has 7 heteroatoms. The van der Waals surface area contributed by atoms with E-state index in [0.717, 1.165) is 33.4 Å². The van der Waals surface area contributed by atoms with Crippen molar-refractivity contribution in [2.45, 2.75) is 0 Å². The number of anilines is 2. The molecule has 6 nitrogen and oxygen atoms in total.